The van der Waals surface area contributed by atoms with E-state index >= 15 is 0 Å². The zero-order valence-electron chi connectivity index (χ0n) is 15.7. The fourth-order valence-corrected chi connectivity index (χ4v) is 3.22. The van der Waals surface area contributed by atoms with E-state index in [0.717, 1.165) is 29.9 Å². The Morgan fingerprint density at radius 3 is 2.63 bits per heavy atom. The predicted octanol–water partition coefficient (Wildman–Crippen LogP) is 2.42. The number of rotatable bonds is 5. The Hall–Kier alpha value is -2.96. The van der Waals surface area contributed by atoms with Gasteiger partial charge in [0.25, 0.3) is 0 Å². The Morgan fingerprint density at radius 1 is 1.15 bits per heavy atom. The van der Waals surface area contributed by atoms with Crippen LogP contribution in [0.15, 0.2) is 42.7 Å². The van der Waals surface area contributed by atoms with Gasteiger partial charge in [-0.25, -0.2) is 4.79 Å². The second-order valence-electron chi connectivity index (χ2n) is 6.92. The van der Waals surface area contributed by atoms with Crippen LogP contribution in [-0.2, 0) is 11.3 Å². The van der Waals surface area contributed by atoms with Crippen molar-refractivity contribution in [3.63, 3.8) is 0 Å². The Bertz CT molecular complexity index is 779. The number of aromatic nitrogens is 2. The summed E-state index contributed by atoms with van der Waals surface area (Å²) < 4.78 is 0. The van der Waals surface area contributed by atoms with E-state index in [-0.39, 0.29) is 23.9 Å². The molecule has 1 aromatic heterocycles. The van der Waals surface area contributed by atoms with Crippen LogP contribution in [0.5, 0.6) is 0 Å². The number of carbonyl (C=O) groups is 2. The number of nitrogens with zero attached hydrogens (tertiary/aromatic N) is 3. The molecule has 0 bridgehead atoms. The van der Waals surface area contributed by atoms with Gasteiger partial charge in [0.2, 0.25) is 5.91 Å². The summed E-state index contributed by atoms with van der Waals surface area (Å²) >= 11 is 0. The van der Waals surface area contributed by atoms with E-state index in [4.69, 9.17) is 0 Å². The fraction of sp³-hybridized carbons (Fsp3) is 0.400. The van der Waals surface area contributed by atoms with Gasteiger partial charge in [-0.3, -0.25) is 19.7 Å². The van der Waals surface area contributed by atoms with Gasteiger partial charge in [0.1, 0.15) is 0 Å². The number of hydrogen-bond donors (Lipinski definition) is 2. The van der Waals surface area contributed by atoms with E-state index in [2.05, 4.69) is 20.6 Å². The number of benzene rings is 1. The lowest BCUT2D eigenvalue weighted by Gasteiger charge is -2.21. The van der Waals surface area contributed by atoms with Crippen LogP contribution in [0.4, 0.5) is 10.5 Å². The average molecular weight is 367 g/mol. The molecule has 7 heteroatoms. The quantitative estimate of drug-likeness (QED) is 0.850. The van der Waals surface area contributed by atoms with Gasteiger partial charge < -0.3 is 10.6 Å². The molecule has 0 spiro atoms. The largest absolute Gasteiger partial charge is 0.350 e. The van der Waals surface area contributed by atoms with Crippen molar-refractivity contribution in [3.05, 3.63) is 54.1 Å². The van der Waals surface area contributed by atoms with E-state index in [9.17, 15) is 9.59 Å². The lowest BCUT2D eigenvalue weighted by molar-refractivity contribution is -0.125. The van der Waals surface area contributed by atoms with Gasteiger partial charge in [-0.1, -0.05) is 18.2 Å². The third-order valence-corrected chi connectivity index (χ3v) is 4.86. The lowest BCUT2D eigenvalue weighted by atomic mass is 10.1. The maximum absolute atomic E-state index is 12.4. The molecule has 7 nitrogen and oxygen atoms in total. The topological polar surface area (TPSA) is 87.2 Å². The molecule has 1 aliphatic rings. The molecule has 0 saturated heterocycles. The van der Waals surface area contributed by atoms with Crippen molar-refractivity contribution >= 4 is 17.6 Å². The second kappa shape index (κ2) is 8.62. The van der Waals surface area contributed by atoms with Crippen LogP contribution < -0.4 is 15.5 Å². The number of anilines is 1. The van der Waals surface area contributed by atoms with Crippen molar-refractivity contribution in [2.24, 2.45) is 5.92 Å². The Balaban J connectivity index is 1.45. The number of hydrogen-bond acceptors (Lipinski definition) is 4. The molecule has 3 amide bonds. The number of urea groups is 1. The first-order chi connectivity index (χ1) is 13.0. The zero-order chi connectivity index (χ0) is 19.2. The summed E-state index contributed by atoms with van der Waals surface area (Å²) in [6.45, 7) is 2.24. The molecule has 142 valence electrons. The van der Waals surface area contributed by atoms with E-state index in [0.29, 0.717) is 13.0 Å². The molecule has 2 unspecified atom stereocenters. The number of amides is 3. The highest BCUT2D eigenvalue weighted by Gasteiger charge is 2.31. The number of nitrogens with one attached hydrogen (secondary N) is 2. The zero-order valence-corrected chi connectivity index (χ0v) is 15.7. The first-order valence-corrected chi connectivity index (χ1v) is 9.17. The van der Waals surface area contributed by atoms with Crippen LogP contribution >= 0.6 is 0 Å². The highest BCUT2D eigenvalue weighted by atomic mass is 16.2. The summed E-state index contributed by atoms with van der Waals surface area (Å²) in [5.74, 6) is -0.0822. The normalized spacial score (nSPS) is 18.7. The first-order valence-electron chi connectivity index (χ1n) is 9.17. The molecule has 1 saturated carbocycles. The molecular weight excluding hydrogens is 342 g/mol. The van der Waals surface area contributed by atoms with Crippen molar-refractivity contribution in [2.75, 3.05) is 11.9 Å². The Kier molecular flexibility index (Phi) is 6.01. The number of aryl methyl sites for hydroxylation is 1. The van der Waals surface area contributed by atoms with Crippen LogP contribution in [0.1, 0.15) is 30.7 Å². The SMILES string of the molecule is Cc1cnc(CNC(=O)C2CCC(NC(=O)N(C)c3ccccc3)C2)cn1. The predicted molar refractivity (Wildman–Crippen MR) is 103 cm³/mol. The minimum atomic E-state index is -0.151. The van der Waals surface area contributed by atoms with Crippen LogP contribution in [0.25, 0.3) is 0 Å². The van der Waals surface area contributed by atoms with Crippen LogP contribution in [0.3, 0.4) is 0 Å². The van der Waals surface area contributed by atoms with Gasteiger partial charge in [0.15, 0.2) is 0 Å². The molecule has 1 aromatic carbocycles. The number of carbonyl (C=O) groups excluding carboxylic acids is 2. The minimum Gasteiger partial charge on any atom is -0.350 e. The van der Waals surface area contributed by atoms with E-state index in [1.54, 1.807) is 24.3 Å². The summed E-state index contributed by atoms with van der Waals surface area (Å²) in [6.07, 6.45) is 5.58. The Morgan fingerprint density at radius 2 is 1.93 bits per heavy atom. The third kappa shape index (κ3) is 5.03. The van der Waals surface area contributed by atoms with E-state index in [1.165, 1.54) is 0 Å². The van der Waals surface area contributed by atoms with Crippen molar-refractivity contribution in [2.45, 2.75) is 38.8 Å². The fourth-order valence-electron chi connectivity index (χ4n) is 3.22. The summed E-state index contributed by atoms with van der Waals surface area (Å²) in [6, 6.07) is 9.34. The second-order valence-corrected chi connectivity index (χ2v) is 6.92. The smallest absolute Gasteiger partial charge is 0.321 e. The summed E-state index contributed by atoms with van der Waals surface area (Å²) in [7, 11) is 1.74. The van der Waals surface area contributed by atoms with Gasteiger partial charge in [0, 0.05) is 30.9 Å². The van der Waals surface area contributed by atoms with Gasteiger partial charge in [-0.15, -0.1) is 0 Å². The maximum Gasteiger partial charge on any atom is 0.321 e. The summed E-state index contributed by atoms with van der Waals surface area (Å²) in [5, 5.41) is 5.94. The van der Waals surface area contributed by atoms with E-state index in [1.807, 2.05) is 37.3 Å². The molecule has 1 aliphatic carbocycles. The standard InChI is InChI=1S/C20H25N5O2/c1-14-11-22-17(12-21-14)13-23-19(26)15-8-9-16(10-15)24-20(27)25(2)18-6-4-3-5-7-18/h3-7,11-12,15-16H,8-10,13H2,1-2H3,(H,23,26)(H,24,27). The molecule has 27 heavy (non-hydrogen) atoms. The highest BCUT2D eigenvalue weighted by Crippen LogP contribution is 2.26. The molecule has 0 aliphatic heterocycles. The number of para-hydroxylation sites is 1. The lowest BCUT2D eigenvalue weighted by Crippen LogP contribution is -2.42. The molecule has 1 fully saturated rings. The minimum absolute atomic E-state index is 0.00513. The van der Waals surface area contributed by atoms with Crippen molar-refractivity contribution in [1.29, 1.82) is 0 Å². The Labute approximate surface area is 159 Å². The third-order valence-electron chi connectivity index (χ3n) is 4.86. The summed E-state index contributed by atoms with van der Waals surface area (Å²) in [5.41, 5.74) is 2.42. The first kappa shape index (κ1) is 18.8. The van der Waals surface area contributed by atoms with Crippen molar-refractivity contribution < 1.29 is 9.59 Å². The van der Waals surface area contributed by atoms with Crippen molar-refractivity contribution in [1.82, 2.24) is 20.6 Å². The molecule has 1 heterocycles. The van der Waals surface area contributed by atoms with E-state index < -0.39 is 0 Å². The summed E-state index contributed by atoms with van der Waals surface area (Å²) in [4.78, 5) is 34.8. The van der Waals surface area contributed by atoms with Crippen LogP contribution in [0.2, 0.25) is 0 Å². The van der Waals surface area contributed by atoms with Gasteiger partial charge in [-0.05, 0) is 38.3 Å². The monoisotopic (exact) mass is 367 g/mol. The van der Waals surface area contributed by atoms with Gasteiger partial charge in [-0.2, -0.15) is 0 Å². The molecule has 0 radical (unpaired) electrons. The molecule has 2 atom stereocenters. The van der Waals surface area contributed by atoms with Crippen molar-refractivity contribution in [3.8, 4) is 0 Å². The molecule has 2 N–H and O–H groups in total. The molecule has 2 aromatic rings. The van der Waals surface area contributed by atoms with Crippen LogP contribution in [-0.4, -0.2) is 35.0 Å². The van der Waals surface area contributed by atoms with Crippen LogP contribution in [0, 0.1) is 12.8 Å². The highest BCUT2D eigenvalue weighted by molar-refractivity contribution is 5.91. The van der Waals surface area contributed by atoms with Gasteiger partial charge >= 0.3 is 6.03 Å². The van der Waals surface area contributed by atoms with Gasteiger partial charge in [0.05, 0.1) is 24.1 Å². The molecular formula is C20H25N5O2. The maximum atomic E-state index is 12.4. The molecule has 3 rings (SSSR count). The average Bonchev–Trinajstić information content (AvgIpc) is 3.16.